The van der Waals surface area contributed by atoms with Gasteiger partial charge in [0.25, 0.3) is 0 Å². The van der Waals surface area contributed by atoms with Gasteiger partial charge in [-0.2, -0.15) is 5.10 Å². The molecule has 0 aliphatic carbocycles. The summed E-state index contributed by atoms with van der Waals surface area (Å²) in [5, 5.41) is 7.22. The van der Waals surface area contributed by atoms with E-state index in [2.05, 4.69) is 27.0 Å². The molecule has 0 bridgehead atoms. The van der Waals surface area contributed by atoms with Gasteiger partial charge in [-0.25, -0.2) is 13.1 Å². The first-order chi connectivity index (χ1) is 10.0. The van der Waals surface area contributed by atoms with E-state index in [1.54, 1.807) is 30.1 Å². The van der Waals surface area contributed by atoms with Crippen LogP contribution in [0, 0.1) is 0 Å². The van der Waals surface area contributed by atoms with E-state index < -0.39 is 10.0 Å². The largest absolute Gasteiger partial charge is 0.363 e. The minimum atomic E-state index is -3.51. The lowest BCUT2D eigenvalue weighted by molar-refractivity contribution is 0.577. The molecule has 0 spiro atoms. The molecular formula is C13H21N5O2S. The average Bonchev–Trinajstić information content (AvgIpc) is 3.06. The lowest BCUT2D eigenvalue weighted by Gasteiger charge is -2.05. The summed E-state index contributed by atoms with van der Waals surface area (Å²) in [6.07, 6.45) is 4.18. The standard InChI is InChI=1S/C13H21N5O2S/c1-3-5-14-8-11-7-13(10-15-11)21(19,20)17-9-12-4-6-16-18(12)2/h4,6-7,10,14-15,17H,3,5,8-9H2,1-2H3. The highest BCUT2D eigenvalue weighted by atomic mass is 32.2. The number of aromatic nitrogens is 3. The number of hydrogen-bond donors (Lipinski definition) is 3. The van der Waals surface area contributed by atoms with Crippen molar-refractivity contribution in [1.29, 1.82) is 0 Å². The number of rotatable bonds is 8. The Morgan fingerprint density at radius 2 is 2.19 bits per heavy atom. The molecule has 2 aromatic rings. The van der Waals surface area contributed by atoms with Crippen LogP contribution in [-0.4, -0.2) is 29.7 Å². The molecular weight excluding hydrogens is 290 g/mol. The molecule has 2 rings (SSSR count). The second-order valence-electron chi connectivity index (χ2n) is 4.81. The lowest BCUT2D eigenvalue weighted by atomic mass is 10.4. The van der Waals surface area contributed by atoms with E-state index in [9.17, 15) is 8.42 Å². The van der Waals surface area contributed by atoms with Gasteiger partial charge in [0.2, 0.25) is 10.0 Å². The number of sulfonamides is 1. The minimum Gasteiger partial charge on any atom is -0.363 e. The first kappa shape index (κ1) is 15.7. The smallest absolute Gasteiger partial charge is 0.242 e. The van der Waals surface area contributed by atoms with E-state index >= 15 is 0 Å². The molecule has 0 atom stereocenters. The molecule has 3 N–H and O–H groups in total. The van der Waals surface area contributed by atoms with Gasteiger partial charge in [-0.15, -0.1) is 0 Å². The van der Waals surface area contributed by atoms with Crippen molar-refractivity contribution in [2.75, 3.05) is 6.54 Å². The summed E-state index contributed by atoms with van der Waals surface area (Å²) < 4.78 is 28.6. The second-order valence-corrected chi connectivity index (χ2v) is 6.58. The van der Waals surface area contributed by atoms with Gasteiger partial charge >= 0.3 is 0 Å². The Morgan fingerprint density at radius 3 is 2.86 bits per heavy atom. The minimum absolute atomic E-state index is 0.216. The molecule has 7 nitrogen and oxygen atoms in total. The summed E-state index contributed by atoms with van der Waals surface area (Å²) in [5.74, 6) is 0. The molecule has 8 heteroatoms. The molecule has 0 aliphatic heterocycles. The fraction of sp³-hybridized carbons (Fsp3) is 0.462. The van der Waals surface area contributed by atoms with Crippen molar-refractivity contribution in [2.24, 2.45) is 7.05 Å². The average molecular weight is 311 g/mol. The Kier molecular flexibility index (Phi) is 5.16. The summed E-state index contributed by atoms with van der Waals surface area (Å²) in [6.45, 7) is 3.83. The highest BCUT2D eigenvalue weighted by Gasteiger charge is 2.16. The maximum absolute atomic E-state index is 12.2. The number of nitrogens with zero attached hydrogens (tertiary/aromatic N) is 2. The molecule has 0 fully saturated rings. The van der Waals surface area contributed by atoms with Crippen LogP contribution in [0.4, 0.5) is 0 Å². The molecule has 2 aromatic heterocycles. The van der Waals surface area contributed by atoms with Crippen LogP contribution in [-0.2, 0) is 30.2 Å². The zero-order chi connectivity index (χ0) is 15.3. The topological polar surface area (TPSA) is 91.8 Å². The maximum atomic E-state index is 12.2. The molecule has 0 aromatic carbocycles. The summed E-state index contributed by atoms with van der Waals surface area (Å²) in [4.78, 5) is 3.22. The molecule has 0 saturated heterocycles. The molecule has 21 heavy (non-hydrogen) atoms. The van der Waals surface area contributed by atoms with E-state index in [0.717, 1.165) is 24.4 Å². The van der Waals surface area contributed by atoms with Gasteiger partial charge in [0.1, 0.15) is 0 Å². The van der Waals surface area contributed by atoms with Crippen molar-refractivity contribution >= 4 is 10.0 Å². The second kappa shape index (κ2) is 6.88. The van der Waals surface area contributed by atoms with Gasteiger partial charge in [-0.1, -0.05) is 6.92 Å². The molecule has 0 saturated carbocycles. The van der Waals surface area contributed by atoms with Crippen LogP contribution in [0.15, 0.2) is 29.4 Å². The summed E-state index contributed by atoms with van der Waals surface area (Å²) in [6, 6.07) is 3.42. The molecule has 0 radical (unpaired) electrons. The van der Waals surface area contributed by atoms with Crippen molar-refractivity contribution in [2.45, 2.75) is 31.3 Å². The van der Waals surface area contributed by atoms with Crippen LogP contribution in [0.1, 0.15) is 24.7 Å². The SMILES string of the molecule is CCCNCc1cc(S(=O)(=O)NCc2ccnn2C)c[nH]1. The normalized spacial score (nSPS) is 11.9. The number of H-pyrrole nitrogens is 1. The third kappa shape index (κ3) is 4.16. The van der Waals surface area contributed by atoms with Crippen molar-refractivity contribution in [3.8, 4) is 0 Å². The first-order valence-corrected chi connectivity index (χ1v) is 8.36. The summed E-state index contributed by atoms with van der Waals surface area (Å²) in [7, 11) is -1.74. The van der Waals surface area contributed by atoms with E-state index in [0.29, 0.717) is 6.54 Å². The first-order valence-electron chi connectivity index (χ1n) is 6.87. The maximum Gasteiger partial charge on any atom is 0.242 e. The van der Waals surface area contributed by atoms with Gasteiger partial charge in [0.05, 0.1) is 17.1 Å². The van der Waals surface area contributed by atoms with Gasteiger partial charge < -0.3 is 10.3 Å². The Hall–Kier alpha value is -1.64. The number of nitrogens with one attached hydrogen (secondary N) is 3. The Labute approximate surface area is 124 Å². The Morgan fingerprint density at radius 1 is 1.38 bits per heavy atom. The molecule has 2 heterocycles. The van der Waals surface area contributed by atoms with Crippen LogP contribution >= 0.6 is 0 Å². The van der Waals surface area contributed by atoms with Gasteiger partial charge in [0, 0.05) is 31.7 Å². The molecule has 0 unspecified atom stereocenters. The predicted molar refractivity (Wildman–Crippen MR) is 80.0 cm³/mol. The molecule has 0 amide bonds. The zero-order valence-electron chi connectivity index (χ0n) is 12.3. The number of aromatic amines is 1. The van der Waals surface area contributed by atoms with Gasteiger partial charge in [-0.05, 0) is 25.1 Å². The Balaban J connectivity index is 1.97. The Bertz CT molecular complexity index is 674. The number of hydrogen-bond acceptors (Lipinski definition) is 4. The van der Waals surface area contributed by atoms with Crippen LogP contribution in [0.2, 0.25) is 0 Å². The summed E-state index contributed by atoms with van der Waals surface area (Å²) in [5.41, 5.74) is 1.66. The van der Waals surface area contributed by atoms with Crippen molar-refractivity contribution in [3.63, 3.8) is 0 Å². The highest BCUT2D eigenvalue weighted by Crippen LogP contribution is 2.11. The fourth-order valence-corrected chi connectivity index (χ4v) is 2.92. The van der Waals surface area contributed by atoms with Crippen LogP contribution < -0.4 is 10.0 Å². The quantitative estimate of drug-likeness (QED) is 0.627. The van der Waals surface area contributed by atoms with E-state index in [-0.39, 0.29) is 11.4 Å². The van der Waals surface area contributed by atoms with Gasteiger partial charge in [0.15, 0.2) is 0 Å². The summed E-state index contributed by atoms with van der Waals surface area (Å²) >= 11 is 0. The van der Waals surface area contributed by atoms with Crippen molar-refractivity contribution in [3.05, 3.63) is 35.9 Å². The third-order valence-electron chi connectivity index (χ3n) is 3.13. The molecule has 116 valence electrons. The van der Waals surface area contributed by atoms with Gasteiger partial charge in [-0.3, -0.25) is 4.68 Å². The predicted octanol–water partition coefficient (Wildman–Crippen LogP) is 0.726. The lowest BCUT2D eigenvalue weighted by Crippen LogP contribution is -2.24. The number of aryl methyl sites for hydroxylation is 1. The van der Waals surface area contributed by atoms with E-state index in [1.165, 1.54) is 6.20 Å². The van der Waals surface area contributed by atoms with E-state index in [1.807, 2.05) is 0 Å². The van der Waals surface area contributed by atoms with Crippen LogP contribution in [0.25, 0.3) is 0 Å². The van der Waals surface area contributed by atoms with Crippen molar-refractivity contribution in [1.82, 2.24) is 24.8 Å². The highest BCUT2D eigenvalue weighted by molar-refractivity contribution is 7.89. The van der Waals surface area contributed by atoms with Crippen LogP contribution in [0.3, 0.4) is 0 Å². The van der Waals surface area contributed by atoms with Crippen LogP contribution in [0.5, 0.6) is 0 Å². The monoisotopic (exact) mass is 311 g/mol. The molecule has 0 aliphatic rings. The third-order valence-corrected chi connectivity index (χ3v) is 4.52. The van der Waals surface area contributed by atoms with Crippen molar-refractivity contribution < 1.29 is 8.42 Å². The zero-order valence-corrected chi connectivity index (χ0v) is 13.1. The van der Waals surface area contributed by atoms with E-state index in [4.69, 9.17) is 0 Å². The fourth-order valence-electron chi connectivity index (χ4n) is 1.90.